The number of carbonyl (C=O) groups is 1. The van der Waals surface area contributed by atoms with Crippen LogP contribution in [0, 0.1) is 23.7 Å². The summed E-state index contributed by atoms with van der Waals surface area (Å²) in [6, 6.07) is 0. The lowest BCUT2D eigenvalue weighted by atomic mass is 9.94. The van der Waals surface area contributed by atoms with Gasteiger partial charge in [0.15, 0.2) is 0 Å². The lowest BCUT2D eigenvalue weighted by Gasteiger charge is -2.26. The summed E-state index contributed by atoms with van der Waals surface area (Å²) in [5.41, 5.74) is 0.453. The van der Waals surface area contributed by atoms with Gasteiger partial charge in [-0.25, -0.2) is 0 Å². The SMILES string of the molecule is CCC(C)(C)NC(=O)[C@H](C)C/C(=C/NC(F)F)C1C#C1. The van der Waals surface area contributed by atoms with E-state index in [2.05, 4.69) is 17.2 Å². The van der Waals surface area contributed by atoms with Gasteiger partial charge < -0.3 is 10.6 Å². The second kappa shape index (κ2) is 6.74. The van der Waals surface area contributed by atoms with Crippen LogP contribution in [0.2, 0.25) is 0 Å². The quantitative estimate of drug-likeness (QED) is 0.531. The van der Waals surface area contributed by atoms with Crippen molar-refractivity contribution in [1.82, 2.24) is 10.6 Å². The highest BCUT2D eigenvalue weighted by molar-refractivity contribution is 5.79. The molecule has 0 unspecified atom stereocenters. The molecule has 0 aliphatic heterocycles. The molecule has 0 aromatic carbocycles. The second-order valence-corrected chi connectivity index (χ2v) is 5.74. The van der Waals surface area contributed by atoms with Crippen molar-refractivity contribution in [3.63, 3.8) is 0 Å². The van der Waals surface area contributed by atoms with E-state index in [1.165, 1.54) is 6.20 Å². The van der Waals surface area contributed by atoms with Crippen LogP contribution < -0.4 is 10.6 Å². The van der Waals surface area contributed by atoms with Gasteiger partial charge in [-0.15, -0.1) is 0 Å². The Hall–Kier alpha value is -1.57. The maximum absolute atomic E-state index is 12.2. The first-order valence-electron chi connectivity index (χ1n) is 6.81. The number of nitrogens with one attached hydrogen (secondary N) is 2. The van der Waals surface area contributed by atoms with Gasteiger partial charge in [0.2, 0.25) is 5.91 Å². The largest absolute Gasteiger partial charge is 0.351 e. The summed E-state index contributed by atoms with van der Waals surface area (Å²) < 4.78 is 24.3. The summed E-state index contributed by atoms with van der Waals surface area (Å²) in [4.78, 5) is 12.1. The number of allylic oxidation sites excluding steroid dienone is 1. The van der Waals surface area contributed by atoms with Gasteiger partial charge in [-0.2, -0.15) is 8.78 Å². The van der Waals surface area contributed by atoms with Gasteiger partial charge in [0, 0.05) is 17.7 Å². The molecule has 0 spiro atoms. The van der Waals surface area contributed by atoms with E-state index < -0.39 is 6.55 Å². The Balaban J connectivity index is 2.55. The maximum Gasteiger partial charge on any atom is 0.312 e. The van der Waals surface area contributed by atoms with Gasteiger partial charge in [0.05, 0.1) is 0 Å². The van der Waals surface area contributed by atoms with E-state index in [0.717, 1.165) is 6.42 Å². The molecule has 1 aliphatic rings. The highest BCUT2D eigenvalue weighted by Gasteiger charge is 2.25. The molecule has 0 heterocycles. The van der Waals surface area contributed by atoms with Crippen LogP contribution in [0.4, 0.5) is 8.78 Å². The third-order valence-corrected chi connectivity index (χ3v) is 3.39. The van der Waals surface area contributed by atoms with E-state index in [9.17, 15) is 13.6 Å². The van der Waals surface area contributed by atoms with Crippen LogP contribution in [0.1, 0.15) is 40.5 Å². The number of halogens is 2. The minimum Gasteiger partial charge on any atom is -0.351 e. The fourth-order valence-electron chi connectivity index (χ4n) is 1.65. The topological polar surface area (TPSA) is 41.1 Å². The summed E-state index contributed by atoms with van der Waals surface area (Å²) in [5, 5.41) is 4.92. The molecule has 5 heteroatoms. The molecule has 112 valence electrons. The Labute approximate surface area is 119 Å². The molecule has 0 saturated heterocycles. The summed E-state index contributed by atoms with van der Waals surface area (Å²) in [5.74, 6) is 5.17. The fourth-order valence-corrected chi connectivity index (χ4v) is 1.65. The molecule has 0 fully saturated rings. The number of amides is 1. The molecule has 1 rings (SSSR count). The number of rotatable bonds is 8. The van der Waals surface area contributed by atoms with Gasteiger partial charge in [0.1, 0.15) is 5.92 Å². The Morgan fingerprint density at radius 3 is 2.45 bits per heavy atom. The third-order valence-electron chi connectivity index (χ3n) is 3.39. The molecule has 0 saturated carbocycles. The molecule has 3 nitrogen and oxygen atoms in total. The fraction of sp³-hybridized carbons (Fsp3) is 0.667. The van der Waals surface area contributed by atoms with E-state index in [0.29, 0.717) is 12.0 Å². The monoisotopic (exact) mass is 284 g/mol. The first-order chi connectivity index (χ1) is 9.25. The molecule has 20 heavy (non-hydrogen) atoms. The standard InChI is InChI=1S/C15H22F2N2O/c1-5-15(3,4)19-13(20)10(2)8-12(11-6-7-11)9-18-14(16)17/h9-11,14,18H,5,8H2,1-4H3,(H,19,20)/b12-9-/t10-/m1/s1. The molecule has 1 aliphatic carbocycles. The Kier molecular flexibility index (Phi) is 5.55. The normalized spacial score (nSPS) is 16.4. The van der Waals surface area contributed by atoms with Gasteiger partial charge in [0.25, 0.3) is 0 Å². The van der Waals surface area contributed by atoms with Crippen molar-refractivity contribution in [3.8, 4) is 11.8 Å². The van der Waals surface area contributed by atoms with E-state index in [1.807, 2.05) is 26.1 Å². The van der Waals surface area contributed by atoms with Crippen molar-refractivity contribution in [2.45, 2.75) is 52.6 Å². The van der Waals surface area contributed by atoms with Crippen LogP contribution in [0.3, 0.4) is 0 Å². The minimum atomic E-state index is -2.60. The summed E-state index contributed by atoms with van der Waals surface area (Å²) in [6.45, 7) is 5.10. The molecule has 0 radical (unpaired) electrons. The van der Waals surface area contributed by atoms with Crippen LogP contribution in [0.25, 0.3) is 0 Å². The second-order valence-electron chi connectivity index (χ2n) is 5.74. The van der Waals surface area contributed by atoms with Crippen molar-refractivity contribution in [2.24, 2.45) is 11.8 Å². The van der Waals surface area contributed by atoms with Gasteiger partial charge in [-0.1, -0.05) is 25.7 Å². The third kappa shape index (κ3) is 5.60. The van der Waals surface area contributed by atoms with Gasteiger partial charge >= 0.3 is 6.55 Å². The summed E-state index contributed by atoms with van der Waals surface area (Å²) in [6.07, 6.45) is 2.51. The van der Waals surface area contributed by atoms with Crippen molar-refractivity contribution >= 4 is 5.91 Å². The zero-order valence-corrected chi connectivity index (χ0v) is 12.4. The minimum absolute atomic E-state index is 0.0690. The summed E-state index contributed by atoms with van der Waals surface area (Å²) >= 11 is 0. The van der Waals surface area contributed by atoms with Gasteiger partial charge in [-0.3, -0.25) is 4.79 Å². The van der Waals surface area contributed by atoms with Gasteiger partial charge in [-0.05, 0) is 32.3 Å². The molecule has 0 bridgehead atoms. The summed E-state index contributed by atoms with van der Waals surface area (Å²) in [7, 11) is 0. The zero-order chi connectivity index (χ0) is 15.3. The molecular formula is C15H22F2N2O. The lowest BCUT2D eigenvalue weighted by Crippen LogP contribution is -2.45. The van der Waals surface area contributed by atoms with Crippen LogP contribution in [-0.2, 0) is 4.79 Å². The highest BCUT2D eigenvalue weighted by atomic mass is 19.3. The smallest absolute Gasteiger partial charge is 0.312 e. The van der Waals surface area contributed by atoms with Crippen molar-refractivity contribution in [3.05, 3.63) is 11.8 Å². The first-order valence-corrected chi connectivity index (χ1v) is 6.81. The number of hydrogen-bond acceptors (Lipinski definition) is 2. The Morgan fingerprint density at radius 2 is 2.00 bits per heavy atom. The van der Waals surface area contributed by atoms with Crippen molar-refractivity contribution in [1.29, 1.82) is 0 Å². The van der Waals surface area contributed by atoms with Crippen LogP contribution in [-0.4, -0.2) is 18.0 Å². The molecule has 1 amide bonds. The van der Waals surface area contributed by atoms with Crippen molar-refractivity contribution in [2.75, 3.05) is 0 Å². The predicted molar refractivity (Wildman–Crippen MR) is 74.8 cm³/mol. The first kappa shape index (κ1) is 16.5. The number of carbonyl (C=O) groups excluding carboxylic acids is 1. The van der Waals surface area contributed by atoms with Crippen LogP contribution >= 0.6 is 0 Å². The van der Waals surface area contributed by atoms with E-state index >= 15 is 0 Å². The maximum atomic E-state index is 12.2. The highest BCUT2D eigenvalue weighted by Crippen LogP contribution is 2.24. The average Bonchev–Trinajstić information content (AvgIpc) is 3.17. The molecule has 0 aromatic rings. The lowest BCUT2D eigenvalue weighted by molar-refractivity contribution is -0.126. The van der Waals surface area contributed by atoms with E-state index in [1.54, 1.807) is 6.92 Å². The van der Waals surface area contributed by atoms with Crippen LogP contribution in [0.15, 0.2) is 11.8 Å². The number of hydrogen-bond donors (Lipinski definition) is 2. The van der Waals surface area contributed by atoms with E-state index in [4.69, 9.17) is 0 Å². The Morgan fingerprint density at radius 1 is 1.40 bits per heavy atom. The van der Waals surface area contributed by atoms with Crippen molar-refractivity contribution < 1.29 is 13.6 Å². The molecule has 1 atom stereocenters. The average molecular weight is 284 g/mol. The van der Waals surface area contributed by atoms with Crippen LogP contribution in [0.5, 0.6) is 0 Å². The number of alkyl halides is 2. The zero-order valence-electron chi connectivity index (χ0n) is 12.4. The molecular weight excluding hydrogens is 262 g/mol. The van der Waals surface area contributed by atoms with E-state index in [-0.39, 0.29) is 23.3 Å². The molecule has 0 aromatic heterocycles. The predicted octanol–water partition coefficient (Wildman–Crippen LogP) is 2.65. The molecule has 2 N–H and O–H groups in total. The Bertz CT molecular complexity index is 439.